The third kappa shape index (κ3) is 14.7. The predicted octanol–water partition coefficient (Wildman–Crippen LogP) is 10.6. The second-order valence-corrected chi connectivity index (χ2v) is 19.6. The fourth-order valence-corrected chi connectivity index (χ4v) is 14.0. The summed E-state index contributed by atoms with van der Waals surface area (Å²) in [6, 6.07) is 8.58. The fraction of sp³-hybridized carbons (Fsp3) is 0.828. The first-order chi connectivity index (χ1) is 15.6. The van der Waals surface area contributed by atoms with Crippen molar-refractivity contribution in [2.75, 3.05) is 6.54 Å². The van der Waals surface area contributed by atoms with Gasteiger partial charge in [0.15, 0.2) is 0 Å². The first kappa shape index (κ1) is 31.6. The molecule has 0 aliphatic rings. The molecule has 0 atom stereocenters. The van der Waals surface area contributed by atoms with Gasteiger partial charge in [0.05, 0.1) is 16.1 Å². The van der Waals surface area contributed by atoms with E-state index in [4.69, 9.17) is 4.99 Å². The van der Waals surface area contributed by atoms with Crippen molar-refractivity contribution in [3.63, 3.8) is 0 Å². The number of rotatable bonds is 24. The van der Waals surface area contributed by atoms with E-state index in [1.807, 2.05) is 0 Å². The summed E-state index contributed by atoms with van der Waals surface area (Å²) in [7, 11) is -2.36. The quantitative estimate of drug-likeness (QED) is 0.0744. The molecule has 0 unspecified atom stereocenters. The van der Waals surface area contributed by atoms with Crippen molar-refractivity contribution < 1.29 is 0 Å². The lowest BCUT2D eigenvalue weighted by atomic mass is 10.1. The molecule has 0 aromatic rings. The van der Waals surface area contributed by atoms with E-state index >= 15 is 0 Å². The molecule has 0 saturated carbocycles. The molecule has 0 aromatic carbocycles. The summed E-state index contributed by atoms with van der Waals surface area (Å²) in [6.07, 6.45) is 19.9. The van der Waals surface area contributed by atoms with Gasteiger partial charge in [-0.15, -0.1) is 24.6 Å². The molecule has 0 aliphatic carbocycles. The number of unbranched alkanes of at least 4 members (excludes halogenated alkanes) is 7. The van der Waals surface area contributed by atoms with Gasteiger partial charge in [0.25, 0.3) is 0 Å². The van der Waals surface area contributed by atoms with Crippen LogP contribution < -0.4 is 0 Å². The predicted molar refractivity (Wildman–Crippen MR) is 157 cm³/mol. The highest BCUT2D eigenvalue weighted by Crippen LogP contribution is 2.28. The molecular formula is C29H59NSi2. The molecule has 0 saturated heterocycles. The molecule has 3 heteroatoms. The van der Waals surface area contributed by atoms with Gasteiger partial charge in [-0.25, -0.2) is 0 Å². The summed E-state index contributed by atoms with van der Waals surface area (Å²) < 4.78 is 0. The Kier molecular flexibility index (Phi) is 20.9. The Labute approximate surface area is 205 Å². The molecule has 0 fully saturated rings. The van der Waals surface area contributed by atoms with Crippen LogP contribution in [0.15, 0.2) is 29.5 Å². The molecule has 0 amide bonds. The van der Waals surface area contributed by atoms with Gasteiger partial charge in [-0.2, -0.15) is 0 Å². The molecule has 0 rings (SSSR count). The van der Waals surface area contributed by atoms with E-state index in [0.29, 0.717) is 0 Å². The Morgan fingerprint density at radius 2 is 0.938 bits per heavy atom. The Morgan fingerprint density at radius 1 is 0.531 bits per heavy atom. The number of hydrogen-bond acceptors (Lipinski definition) is 1. The van der Waals surface area contributed by atoms with Crippen molar-refractivity contribution in [1.29, 1.82) is 0 Å². The molecular weight excluding hydrogens is 418 g/mol. The van der Waals surface area contributed by atoms with E-state index in [1.165, 1.54) is 120 Å². The third-order valence-corrected chi connectivity index (χ3v) is 17.8. The maximum absolute atomic E-state index is 4.71. The molecule has 0 heterocycles. The number of nitrogens with zero attached hydrogens (tertiary/aromatic N) is 1. The van der Waals surface area contributed by atoms with Crippen LogP contribution in [0.4, 0.5) is 0 Å². The number of aliphatic imine (C=N–C) groups is 1. The lowest BCUT2D eigenvalue weighted by Crippen LogP contribution is -2.31. The largest absolute Gasteiger partial charge is 0.298 e. The minimum absolute atomic E-state index is 1.04. The molecule has 0 N–H and O–H groups in total. The van der Waals surface area contributed by atoms with Gasteiger partial charge in [0.2, 0.25) is 0 Å². The second-order valence-electron chi connectivity index (χ2n) is 10.3. The zero-order valence-corrected chi connectivity index (χ0v) is 24.7. The van der Waals surface area contributed by atoms with Gasteiger partial charge in [0, 0.05) is 6.54 Å². The van der Waals surface area contributed by atoms with Crippen LogP contribution in [-0.2, 0) is 0 Å². The Hall–Kier alpha value is -0.416. The van der Waals surface area contributed by atoms with Crippen molar-refractivity contribution in [2.24, 2.45) is 4.99 Å². The SMILES string of the molecule is C=C[Si](CCC)(CCC)CCC=NCCCCCCCCCC[Si](C=C)(CCC)CCC. The Morgan fingerprint density at radius 3 is 1.38 bits per heavy atom. The standard InChI is InChI=1S/C29H59NSi2/c1-7-24-31(11-5,25-8-2)28-20-18-16-14-13-15-17-19-22-30-23-21-29-32(12-6,26-9-3)27-10-4/h11-12,23H,5-10,13-22,24-29H2,1-4H3. The maximum atomic E-state index is 4.71. The van der Waals surface area contributed by atoms with Crippen molar-refractivity contribution in [2.45, 2.75) is 147 Å². The topological polar surface area (TPSA) is 12.4 Å². The molecule has 0 aliphatic heterocycles. The summed E-state index contributed by atoms with van der Waals surface area (Å²) in [5.74, 6) is 0. The fourth-order valence-electron chi connectivity index (χ4n) is 5.63. The smallest absolute Gasteiger partial charge is 0.0773 e. The first-order valence-corrected chi connectivity index (χ1v) is 19.7. The summed E-state index contributed by atoms with van der Waals surface area (Å²) in [5.41, 5.74) is 4.78. The first-order valence-electron chi connectivity index (χ1n) is 14.3. The van der Waals surface area contributed by atoms with Gasteiger partial charge >= 0.3 is 0 Å². The molecule has 1 nitrogen and oxygen atoms in total. The maximum Gasteiger partial charge on any atom is 0.0773 e. The summed E-state index contributed by atoms with van der Waals surface area (Å²) in [4.78, 5) is 4.71. The van der Waals surface area contributed by atoms with Crippen LogP contribution >= 0.6 is 0 Å². The van der Waals surface area contributed by atoms with Crippen molar-refractivity contribution in [3.8, 4) is 0 Å². The van der Waals surface area contributed by atoms with Crippen LogP contribution in [0.25, 0.3) is 0 Å². The summed E-state index contributed by atoms with van der Waals surface area (Å²) in [6.45, 7) is 18.8. The molecule has 0 aromatic heterocycles. The van der Waals surface area contributed by atoms with Crippen LogP contribution in [0.2, 0.25) is 36.3 Å². The van der Waals surface area contributed by atoms with Crippen LogP contribution in [-0.4, -0.2) is 28.9 Å². The van der Waals surface area contributed by atoms with Crippen LogP contribution in [0.1, 0.15) is 111 Å². The highest BCUT2D eigenvalue weighted by Gasteiger charge is 2.27. The van der Waals surface area contributed by atoms with Crippen molar-refractivity contribution >= 4 is 22.4 Å². The van der Waals surface area contributed by atoms with Gasteiger partial charge in [0.1, 0.15) is 0 Å². The van der Waals surface area contributed by atoms with E-state index in [9.17, 15) is 0 Å². The zero-order chi connectivity index (χ0) is 24.0. The lowest BCUT2D eigenvalue weighted by molar-refractivity contribution is 0.577. The van der Waals surface area contributed by atoms with Gasteiger partial charge in [-0.1, -0.05) is 129 Å². The summed E-state index contributed by atoms with van der Waals surface area (Å²) in [5, 5.41) is 0. The summed E-state index contributed by atoms with van der Waals surface area (Å²) >= 11 is 0. The van der Waals surface area contributed by atoms with E-state index in [-0.39, 0.29) is 0 Å². The third-order valence-electron chi connectivity index (χ3n) is 7.47. The van der Waals surface area contributed by atoms with Crippen LogP contribution in [0.3, 0.4) is 0 Å². The molecule has 0 radical (unpaired) electrons. The average Bonchev–Trinajstić information content (AvgIpc) is 2.79. The van der Waals surface area contributed by atoms with Gasteiger partial charge in [-0.3, -0.25) is 4.99 Å². The zero-order valence-electron chi connectivity index (χ0n) is 22.7. The normalized spacial score (nSPS) is 12.5. The van der Waals surface area contributed by atoms with Gasteiger partial charge < -0.3 is 0 Å². The average molecular weight is 478 g/mol. The Bertz CT molecular complexity index is 460. The molecule has 188 valence electrons. The number of hydrogen-bond donors (Lipinski definition) is 0. The second kappa shape index (κ2) is 21.1. The van der Waals surface area contributed by atoms with Crippen molar-refractivity contribution in [3.05, 3.63) is 24.6 Å². The molecule has 0 bridgehead atoms. The van der Waals surface area contributed by atoms with Crippen LogP contribution in [0.5, 0.6) is 0 Å². The van der Waals surface area contributed by atoms with E-state index < -0.39 is 16.1 Å². The molecule has 0 spiro atoms. The lowest BCUT2D eigenvalue weighted by Gasteiger charge is -2.27. The minimum Gasteiger partial charge on any atom is -0.298 e. The van der Waals surface area contributed by atoms with E-state index in [1.54, 1.807) is 0 Å². The Balaban J connectivity index is 3.76. The highest BCUT2D eigenvalue weighted by molar-refractivity contribution is 6.84. The van der Waals surface area contributed by atoms with E-state index in [2.05, 4.69) is 58.5 Å². The molecule has 32 heavy (non-hydrogen) atoms. The van der Waals surface area contributed by atoms with Gasteiger partial charge in [-0.05, 0) is 25.1 Å². The van der Waals surface area contributed by atoms with Crippen LogP contribution in [0, 0.1) is 0 Å². The van der Waals surface area contributed by atoms with Crippen molar-refractivity contribution in [1.82, 2.24) is 0 Å². The monoisotopic (exact) mass is 477 g/mol. The van der Waals surface area contributed by atoms with E-state index in [0.717, 1.165) is 6.54 Å². The minimum atomic E-state index is -1.22. The highest BCUT2D eigenvalue weighted by atomic mass is 28.3.